The Bertz CT molecular complexity index is 403. The summed E-state index contributed by atoms with van der Waals surface area (Å²) in [6.45, 7) is 2.28. The van der Waals surface area contributed by atoms with Gasteiger partial charge in [-0.2, -0.15) is 0 Å². The fraction of sp³-hybridized carbons (Fsp3) is 0.462. The number of hydrazine groups is 1. The van der Waals surface area contributed by atoms with Gasteiger partial charge in [-0.15, -0.1) is 0 Å². The molecule has 2 rings (SSSR count). The molecule has 98 valence electrons. The van der Waals surface area contributed by atoms with Crippen molar-refractivity contribution in [2.24, 2.45) is 11.8 Å². The van der Waals surface area contributed by atoms with E-state index in [9.17, 15) is 4.79 Å². The highest BCUT2D eigenvalue weighted by molar-refractivity contribution is 5.99. The number of hydrogen-bond acceptors (Lipinski definition) is 4. The lowest BCUT2D eigenvalue weighted by Crippen LogP contribution is -2.32. The van der Waals surface area contributed by atoms with Crippen LogP contribution >= 0.6 is 0 Å². The largest absolute Gasteiger partial charge is 0.381 e. The van der Waals surface area contributed by atoms with Crippen LogP contribution in [-0.4, -0.2) is 25.7 Å². The van der Waals surface area contributed by atoms with Gasteiger partial charge in [0.1, 0.15) is 0 Å². The molecule has 5 nitrogen and oxygen atoms in total. The zero-order chi connectivity index (χ0) is 12.8. The number of ether oxygens (including phenoxy) is 1. The molecule has 1 amide bonds. The molecule has 4 N–H and O–H groups in total. The molecule has 0 atom stereocenters. The predicted molar refractivity (Wildman–Crippen MR) is 70.1 cm³/mol. The summed E-state index contributed by atoms with van der Waals surface area (Å²) in [5.74, 6) is 5.81. The van der Waals surface area contributed by atoms with E-state index in [-0.39, 0.29) is 5.91 Å². The van der Waals surface area contributed by atoms with Crippen molar-refractivity contribution in [1.82, 2.24) is 5.32 Å². The maximum Gasteiger partial charge on any atom is 0.253 e. The van der Waals surface area contributed by atoms with Gasteiger partial charge in [0.25, 0.3) is 5.91 Å². The van der Waals surface area contributed by atoms with Crippen LogP contribution < -0.4 is 16.6 Å². The second-order valence-corrected chi connectivity index (χ2v) is 4.46. The van der Waals surface area contributed by atoms with E-state index in [1.165, 1.54) is 0 Å². The number of nitrogens with one attached hydrogen (secondary N) is 2. The number of nitrogens with two attached hydrogens (primary N) is 1. The summed E-state index contributed by atoms with van der Waals surface area (Å²) in [5, 5.41) is 2.95. The van der Waals surface area contributed by atoms with Crippen molar-refractivity contribution in [3.05, 3.63) is 29.8 Å². The van der Waals surface area contributed by atoms with Gasteiger partial charge in [0.15, 0.2) is 0 Å². The average molecular weight is 249 g/mol. The molecule has 0 aromatic heterocycles. The third-order valence-electron chi connectivity index (χ3n) is 3.22. The summed E-state index contributed by atoms with van der Waals surface area (Å²) in [6, 6.07) is 7.20. The minimum absolute atomic E-state index is 0.0879. The zero-order valence-electron chi connectivity index (χ0n) is 10.3. The Labute approximate surface area is 107 Å². The van der Waals surface area contributed by atoms with Gasteiger partial charge in [-0.05, 0) is 30.9 Å². The molecule has 1 heterocycles. The molecule has 1 aromatic rings. The first-order valence-corrected chi connectivity index (χ1v) is 6.23. The Kier molecular flexibility index (Phi) is 4.55. The van der Waals surface area contributed by atoms with E-state index in [4.69, 9.17) is 10.6 Å². The molecule has 0 spiro atoms. The first-order chi connectivity index (χ1) is 8.81. The minimum atomic E-state index is -0.0879. The number of hydrogen-bond donors (Lipinski definition) is 3. The molecule has 0 bridgehead atoms. The topological polar surface area (TPSA) is 76.4 Å². The molecular weight excluding hydrogens is 230 g/mol. The van der Waals surface area contributed by atoms with E-state index in [0.29, 0.717) is 23.7 Å². The number of anilines is 1. The van der Waals surface area contributed by atoms with Crippen LogP contribution in [0.3, 0.4) is 0 Å². The molecule has 0 unspecified atom stereocenters. The lowest BCUT2D eigenvalue weighted by Gasteiger charge is -2.22. The summed E-state index contributed by atoms with van der Waals surface area (Å²) < 4.78 is 5.29. The van der Waals surface area contributed by atoms with Crippen LogP contribution in [0.4, 0.5) is 5.69 Å². The standard InChI is InChI=1S/C13H19N3O2/c14-16-12-4-2-1-3-11(12)13(17)15-9-10-5-7-18-8-6-10/h1-4,10,16H,5-9,14H2,(H,15,17). The SMILES string of the molecule is NNc1ccccc1C(=O)NCC1CCOCC1. The Morgan fingerprint density at radius 3 is 2.78 bits per heavy atom. The van der Waals surface area contributed by atoms with Crippen molar-refractivity contribution in [1.29, 1.82) is 0 Å². The van der Waals surface area contributed by atoms with E-state index < -0.39 is 0 Å². The first kappa shape index (κ1) is 12.9. The number of para-hydroxylation sites is 1. The van der Waals surface area contributed by atoms with E-state index >= 15 is 0 Å². The number of benzene rings is 1. The second-order valence-electron chi connectivity index (χ2n) is 4.46. The third-order valence-corrected chi connectivity index (χ3v) is 3.22. The van der Waals surface area contributed by atoms with Gasteiger partial charge >= 0.3 is 0 Å². The number of amides is 1. The lowest BCUT2D eigenvalue weighted by molar-refractivity contribution is 0.0643. The van der Waals surface area contributed by atoms with Crippen LogP contribution in [0.1, 0.15) is 23.2 Å². The maximum absolute atomic E-state index is 12.0. The fourth-order valence-electron chi connectivity index (χ4n) is 2.09. The van der Waals surface area contributed by atoms with Crippen molar-refractivity contribution in [3.8, 4) is 0 Å². The Hall–Kier alpha value is -1.59. The molecule has 5 heteroatoms. The van der Waals surface area contributed by atoms with Crippen molar-refractivity contribution in [3.63, 3.8) is 0 Å². The summed E-state index contributed by atoms with van der Waals surface area (Å²) >= 11 is 0. The molecule has 1 aliphatic rings. The number of rotatable bonds is 4. The predicted octanol–water partition coefficient (Wildman–Crippen LogP) is 1.13. The van der Waals surface area contributed by atoms with Gasteiger partial charge in [-0.1, -0.05) is 12.1 Å². The summed E-state index contributed by atoms with van der Waals surface area (Å²) in [5.41, 5.74) is 3.75. The molecule has 1 aromatic carbocycles. The first-order valence-electron chi connectivity index (χ1n) is 6.23. The van der Waals surface area contributed by atoms with Crippen molar-refractivity contribution in [2.45, 2.75) is 12.8 Å². The van der Waals surface area contributed by atoms with Crippen LogP contribution in [0.5, 0.6) is 0 Å². The monoisotopic (exact) mass is 249 g/mol. The van der Waals surface area contributed by atoms with Crippen LogP contribution in [0.15, 0.2) is 24.3 Å². The summed E-state index contributed by atoms with van der Waals surface area (Å²) in [6.07, 6.45) is 2.02. The quantitative estimate of drug-likeness (QED) is 0.552. The number of carbonyl (C=O) groups is 1. The second kappa shape index (κ2) is 6.37. The van der Waals surface area contributed by atoms with Crippen LogP contribution in [0, 0.1) is 5.92 Å². The van der Waals surface area contributed by atoms with Crippen LogP contribution in [0.2, 0.25) is 0 Å². The van der Waals surface area contributed by atoms with E-state index in [1.807, 2.05) is 12.1 Å². The van der Waals surface area contributed by atoms with Gasteiger partial charge in [-0.3, -0.25) is 10.6 Å². The molecule has 0 aliphatic carbocycles. The lowest BCUT2D eigenvalue weighted by atomic mass is 10.0. The smallest absolute Gasteiger partial charge is 0.253 e. The summed E-state index contributed by atoms with van der Waals surface area (Å²) in [7, 11) is 0. The fourth-order valence-corrected chi connectivity index (χ4v) is 2.09. The van der Waals surface area contributed by atoms with E-state index in [0.717, 1.165) is 26.1 Å². The van der Waals surface area contributed by atoms with Gasteiger partial charge in [0.2, 0.25) is 0 Å². The van der Waals surface area contributed by atoms with Crippen molar-refractivity contribution in [2.75, 3.05) is 25.2 Å². The average Bonchev–Trinajstić information content (AvgIpc) is 2.45. The maximum atomic E-state index is 12.0. The van der Waals surface area contributed by atoms with Crippen molar-refractivity contribution < 1.29 is 9.53 Å². The van der Waals surface area contributed by atoms with Gasteiger partial charge in [-0.25, -0.2) is 0 Å². The third kappa shape index (κ3) is 3.21. The van der Waals surface area contributed by atoms with E-state index in [2.05, 4.69) is 10.7 Å². The Morgan fingerprint density at radius 2 is 2.06 bits per heavy atom. The summed E-state index contributed by atoms with van der Waals surface area (Å²) in [4.78, 5) is 12.0. The van der Waals surface area contributed by atoms with E-state index in [1.54, 1.807) is 12.1 Å². The molecule has 18 heavy (non-hydrogen) atoms. The molecule has 1 aliphatic heterocycles. The van der Waals surface area contributed by atoms with Crippen molar-refractivity contribution >= 4 is 11.6 Å². The molecule has 0 saturated carbocycles. The van der Waals surface area contributed by atoms with Crippen LogP contribution in [-0.2, 0) is 4.74 Å². The highest BCUT2D eigenvalue weighted by atomic mass is 16.5. The van der Waals surface area contributed by atoms with Crippen LogP contribution in [0.25, 0.3) is 0 Å². The molecular formula is C13H19N3O2. The molecule has 0 radical (unpaired) electrons. The normalized spacial score (nSPS) is 16.3. The minimum Gasteiger partial charge on any atom is -0.381 e. The highest BCUT2D eigenvalue weighted by Gasteiger charge is 2.16. The zero-order valence-corrected chi connectivity index (χ0v) is 10.3. The highest BCUT2D eigenvalue weighted by Crippen LogP contribution is 2.15. The van der Waals surface area contributed by atoms with Gasteiger partial charge < -0.3 is 15.5 Å². The molecule has 1 saturated heterocycles. The van der Waals surface area contributed by atoms with Gasteiger partial charge in [0, 0.05) is 19.8 Å². The van der Waals surface area contributed by atoms with Gasteiger partial charge in [0.05, 0.1) is 11.3 Å². The molecule has 1 fully saturated rings. The Morgan fingerprint density at radius 1 is 1.33 bits per heavy atom. The number of nitrogen functional groups attached to an aromatic ring is 1. The number of carbonyl (C=O) groups excluding carboxylic acids is 1. The Balaban J connectivity index is 1.90.